The summed E-state index contributed by atoms with van der Waals surface area (Å²) in [5, 5.41) is 3.26. The lowest BCUT2D eigenvalue weighted by Gasteiger charge is -2.29. The van der Waals surface area contributed by atoms with Gasteiger partial charge in [-0.25, -0.2) is 0 Å². The standard InChI is InChI=1S/C15H20N2O3/c1-10-4-5-12-11(6-10)7-16-8-13(12)15(19)17(2)9-14(18)20-3/h4-6,13,16H,7-9H2,1-3H3. The lowest BCUT2D eigenvalue weighted by molar-refractivity contribution is -0.146. The fourth-order valence-electron chi connectivity index (χ4n) is 2.51. The number of nitrogens with zero attached hydrogens (tertiary/aromatic N) is 1. The molecule has 0 saturated carbocycles. The van der Waals surface area contributed by atoms with Crippen molar-refractivity contribution in [2.24, 2.45) is 0 Å². The number of benzene rings is 1. The highest BCUT2D eigenvalue weighted by Crippen LogP contribution is 2.26. The summed E-state index contributed by atoms with van der Waals surface area (Å²) in [4.78, 5) is 25.2. The summed E-state index contributed by atoms with van der Waals surface area (Å²) >= 11 is 0. The van der Waals surface area contributed by atoms with Crippen molar-refractivity contribution < 1.29 is 14.3 Å². The molecule has 0 saturated heterocycles. The number of ether oxygens (including phenoxy) is 1. The Morgan fingerprint density at radius 1 is 1.45 bits per heavy atom. The van der Waals surface area contributed by atoms with E-state index >= 15 is 0 Å². The first kappa shape index (κ1) is 14.5. The van der Waals surface area contributed by atoms with E-state index in [1.165, 1.54) is 17.6 Å². The van der Waals surface area contributed by atoms with Crippen LogP contribution in [0.1, 0.15) is 22.6 Å². The van der Waals surface area contributed by atoms with Gasteiger partial charge in [0, 0.05) is 20.1 Å². The summed E-state index contributed by atoms with van der Waals surface area (Å²) < 4.78 is 4.60. The number of aryl methyl sites for hydroxylation is 1. The molecule has 108 valence electrons. The molecule has 1 N–H and O–H groups in total. The summed E-state index contributed by atoms with van der Waals surface area (Å²) in [7, 11) is 2.95. The number of rotatable bonds is 3. The topological polar surface area (TPSA) is 58.6 Å². The smallest absolute Gasteiger partial charge is 0.325 e. The van der Waals surface area contributed by atoms with Gasteiger partial charge in [0.25, 0.3) is 0 Å². The second kappa shape index (κ2) is 6.05. The number of methoxy groups -OCH3 is 1. The van der Waals surface area contributed by atoms with E-state index in [0.717, 1.165) is 17.7 Å². The molecular weight excluding hydrogens is 256 g/mol. The van der Waals surface area contributed by atoms with E-state index in [0.29, 0.717) is 6.54 Å². The van der Waals surface area contributed by atoms with Crippen LogP contribution < -0.4 is 5.32 Å². The molecule has 0 radical (unpaired) electrons. The Labute approximate surface area is 118 Å². The number of likely N-dealkylation sites (N-methyl/N-ethyl adjacent to an activating group) is 1. The maximum atomic E-state index is 12.5. The number of amides is 1. The van der Waals surface area contributed by atoms with Gasteiger partial charge in [0.05, 0.1) is 13.0 Å². The summed E-state index contributed by atoms with van der Waals surface area (Å²) in [6.07, 6.45) is 0. The Balaban J connectivity index is 2.18. The molecule has 5 nitrogen and oxygen atoms in total. The van der Waals surface area contributed by atoms with Gasteiger partial charge in [0.2, 0.25) is 5.91 Å². The number of fused-ring (bicyclic) bond motifs is 1. The Morgan fingerprint density at radius 2 is 2.20 bits per heavy atom. The lowest BCUT2D eigenvalue weighted by atomic mass is 9.89. The predicted octanol–water partition coefficient (Wildman–Crippen LogP) is 0.813. The summed E-state index contributed by atoms with van der Waals surface area (Å²) in [5.41, 5.74) is 3.39. The molecule has 0 fully saturated rings. The van der Waals surface area contributed by atoms with E-state index in [9.17, 15) is 9.59 Å². The van der Waals surface area contributed by atoms with Crippen LogP contribution in [-0.4, -0.2) is 44.0 Å². The molecule has 20 heavy (non-hydrogen) atoms. The molecule has 2 rings (SSSR count). The van der Waals surface area contributed by atoms with Crippen molar-refractivity contribution in [2.45, 2.75) is 19.4 Å². The van der Waals surface area contributed by atoms with Crippen molar-refractivity contribution in [1.29, 1.82) is 0 Å². The molecule has 0 bridgehead atoms. The second-order valence-corrected chi connectivity index (χ2v) is 5.16. The zero-order chi connectivity index (χ0) is 14.7. The Morgan fingerprint density at radius 3 is 2.90 bits per heavy atom. The average Bonchev–Trinajstić information content (AvgIpc) is 2.45. The van der Waals surface area contributed by atoms with Crippen molar-refractivity contribution >= 4 is 11.9 Å². The quantitative estimate of drug-likeness (QED) is 0.830. The van der Waals surface area contributed by atoms with Gasteiger partial charge in [-0.1, -0.05) is 23.8 Å². The van der Waals surface area contributed by atoms with Crippen LogP contribution in [0.25, 0.3) is 0 Å². The maximum Gasteiger partial charge on any atom is 0.325 e. The monoisotopic (exact) mass is 276 g/mol. The first-order valence-electron chi connectivity index (χ1n) is 6.65. The van der Waals surface area contributed by atoms with E-state index in [2.05, 4.69) is 16.1 Å². The van der Waals surface area contributed by atoms with Crippen molar-refractivity contribution in [1.82, 2.24) is 10.2 Å². The first-order chi connectivity index (χ1) is 9.52. The molecule has 1 aromatic rings. The third-order valence-electron chi connectivity index (χ3n) is 3.61. The highest BCUT2D eigenvalue weighted by atomic mass is 16.5. The van der Waals surface area contributed by atoms with Gasteiger partial charge in [-0.3, -0.25) is 9.59 Å². The Kier molecular flexibility index (Phi) is 4.39. The third-order valence-corrected chi connectivity index (χ3v) is 3.61. The molecule has 1 heterocycles. The molecule has 0 aromatic heterocycles. The van der Waals surface area contributed by atoms with Crippen molar-refractivity contribution in [3.63, 3.8) is 0 Å². The molecule has 0 aliphatic carbocycles. The zero-order valence-corrected chi connectivity index (χ0v) is 12.1. The zero-order valence-electron chi connectivity index (χ0n) is 12.1. The van der Waals surface area contributed by atoms with Gasteiger partial charge in [-0.05, 0) is 18.1 Å². The minimum absolute atomic E-state index is 0.0208. The highest BCUT2D eigenvalue weighted by molar-refractivity contribution is 5.87. The lowest BCUT2D eigenvalue weighted by Crippen LogP contribution is -2.41. The summed E-state index contributed by atoms with van der Waals surface area (Å²) in [5.74, 6) is -0.713. The van der Waals surface area contributed by atoms with Gasteiger partial charge >= 0.3 is 5.97 Å². The van der Waals surface area contributed by atoms with Crippen molar-refractivity contribution in [3.05, 3.63) is 34.9 Å². The average molecular weight is 276 g/mol. The number of esters is 1. The molecule has 1 amide bonds. The molecular formula is C15H20N2O3. The van der Waals surface area contributed by atoms with E-state index in [1.54, 1.807) is 7.05 Å². The normalized spacial score (nSPS) is 17.2. The number of hydrogen-bond donors (Lipinski definition) is 1. The van der Waals surface area contributed by atoms with Gasteiger partial charge in [-0.2, -0.15) is 0 Å². The number of hydrogen-bond acceptors (Lipinski definition) is 4. The number of carbonyl (C=O) groups is 2. The van der Waals surface area contributed by atoms with E-state index in [1.807, 2.05) is 19.1 Å². The largest absolute Gasteiger partial charge is 0.468 e. The summed E-state index contributed by atoms with van der Waals surface area (Å²) in [6, 6.07) is 6.13. The van der Waals surface area contributed by atoms with E-state index < -0.39 is 5.97 Å². The van der Waals surface area contributed by atoms with Crippen LogP contribution in [0.4, 0.5) is 0 Å². The number of carbonyl (C=O) groups excluding carboxylic acids is 2. The highest BCUT2D eigenvalue weighted by Gasteiger charge is 2.29. The van der Waals surface area contributed by atoms with Gasteiger partial charge in [0.1, 0.15) is 6.54 Å². The fourth-order valence-corrected chi connectivity index (χ4v) is 2.51. The number of nitrogens with one attached hydrogen (secondary N) is 1. The molecule has 1 aliphatic rings. The minimum atomic E-state index is -0.409. The maximum absolute atomic E-state index is 12.5. The van der Waals surface area contributed by atoms with E-state index in [-0.39, 0.29) is 18.4 Å². The van der Waals surface area contributed by atoms with E-state index in [4.69, 9.17) is 0 Å². The van der Waals surface area contributed by atoms with Crippen LogP contribution in [0.15, 0.2) is 18.2 Å². The van der Waals surface area contributed by atoms with Crippen LogP contribution in [0, 0.1) is 6.92 Å². The SMILES string of the molecule is COC(=O)CN(C)C(=O)C1CNCc2cc(C)ccc21. The second-order valence-electron chi connectivity index (χ2n) is 5.16. The third kappa shape index (κ3) is 2.99. The molecule has 5 heteroatoms. The summed E-state index contributed by atoms with van der Waals surface area (Å²) in [6.45, 7) is 3.39. The van der Waals surface area contributed by atoms with Crippen LogP contribution in [-0.2, 0) is 20.9 Å². The van der Waals surface area contributed by atoms with Crippen LogP contribution in [0.5, 0.6) is 0 Å². The predicted molar refractivity (Wildman–Crippen MR) is 75.3 cm³/mol. The van der Waals surface area contributed by atoms with Crippen LogP contribution >= 0.6 is 0 Å². The van der Waals surface area contributed by atoms with Gasteiger partial charge in [-0.15, -0.1) is 0 Å². The van der Waals surface area contributed by atoms with Crippen molar-refractivity contribution in [3.8, 4) is 0 Å². The van der Waals surface area contributed by atoms with Crippen molar-refractivity contribution in [2.75, 3.05) is 27.2 Å². The fraction of sp³-hybridized carbons (Fsp3) is 0.467. The van der Waals surface area contributed by atoms with Gasteiger partial charge < -0.3 is 15.0 Å². The van der Waals surface area contributed by atoms with Gasteiger partial charge in [0.15, 0.2) is 0 Å². The molecule has 1 aromatic carbocycles. The minimum Gasteiger partial charge on any atom is -0.468 e. The van der Waals surface area contributed by atoms with Crippen LogP contribution in [0.3, 0.4) is 0 Å². The molecule has 1 aliphatic heterocycles. The molecule has 1 unspecified atom stereocenters. The molecule has 0 spiro atoms. The Hall–Kier alpha value is -1.88. The molecule has 1 atom stereocenters. The first-order valence-corrected chi connectivity index (χ1v) is 6.65. The Bertz CT molecular complexity index is 528. The van der Waals surface area contributed by atoms with Crippen LogP contribution in [0.2, 0.25) is 0 Å².